The lowest BCUT2D eigenvalue weighted by molar-refractivity contribution is 0.0123. The Kier molecular flexibility index (Phi) is 7.24. The van der Waals surface area contributed by atoms with E-state index in [9.17, 15) is 9.59 Å². The Morgan fingerprint density at radius 2 is 1.84 bits per heavy atom. The van der Waals surface area contributed by atoms with Gasteiger partial charge in [-0.25, -0.2) is 14.6 Å². The molecule has 37 heavy (non-hydrogen) atoms. The van der Waals surface area contributed by atoms with E-state index in [2.05, 4.69) is 27.0 Å². The van der Waals surface area contributed by atoms with Gasteiger partial charge in [-0.15, -0.1) is 0 Å². The van der Waals surface area contributed by atoms with Crippen LogP contribution in [-0.2, 0) is 11.3 Å². The molecule has 1 amide bonds. The second-order valence-electron chi connectivity index (χ2n) is 11.1. The number of carbonyl (C=O) groups is 1. The number of pyridine rings is 1. The fraction of sp³-hybridized carbons (Fsp3) is 0.536. The van der Waals surface area contributed by atoms with E-state index in [4.69, 9.17) is 13.9 Å². The van der Waals surface area contributed by atoms with Crippen molar-refractivity contribution in [1.29, 1.82) is 0 Å². The highest BCUT2D eigenvalue weighted by Gasteiger charge is 2.28. The molecule has 4 heterocycles. The molecule has 0 unspecified atom stereocenters. The number of ether oxygens (including phenoxy) is 2. The van der Waals surface area contributed by atoms with Crippen LogP contribution in [0.3, 0.4) is 0 Å². The maximum atomic E-state index is 12.3. The molecule has 0 aliphatic carbocycles. The predicted molar refractivity (Wildman–Crippen MR) is 140 cm³/mol. The third-order valence-electron chi connectivity index (χ3n) is 7.09. The zero-order valence-electron chi connectivity index (χ0n) is 21.9. The normalized spacial score (nSPS) is 18.3. The SMILES string of the molecule is CC(C)(C)OC(=O)N1CCC(Oc2ccc(CN3CCC(c4cccc5[nH]c(=O)oc45)CC3)cn2)CC1. The first kappa shape index (κ1) is 25.3. The van der Waals surface area contributed by atoms with E-state index in [0.29, 0.717) is 30.5 Å². The summed E-state index contributed by atoms with van der Waals surface area (Å²) in [6.07, 6.45) is 5.24. The number of nitrogens with one attached hydrogen (secondary N) is 1. The summed E-state index contributed by atoms with van der Waals surface area (Å²) in [5, 5.41) is 0. The van der Waals surface area contributed by atoms with E-state index in [-0.39, 0.29) is 12.2 Å². The first-order chi connectivity index (χ1) is 17.7. The molecule has 0 atom stereocenters. The zero-order valence-corrected chi connectivity index (χ0v) is 21.9. The third-order valence-corrected chi connectivity index (χ3v) is 7.09. The van der Waals surface area contributed by atoms with Gasteiger partial charge in [-0.1, -0.05) is 18.2 Å². The van der Waals surface area contributed by atoms with Gasteiger partial charge in [0, 0.05) is 50.3 Å². The van der Waals surface area contributed by atoms with E-state index in [0.717, 1.165) is 62.0 Å². The molecule has 0 saturated carbocycles. The summed E-state index contributed by atoms with van der Waals surface area (Å²) >= 11 is 0. The molecule has 2 aromatic heterocycles. The van der Waals surface area contributed by atoms with Gasteiger partial charge in [0.05, 0.1) is 5.52 Å². The van der Waals surface area contributed by atoms with Crippen molar-refractivity contribution in [2.75, 3.05) is 26.2 Å². The van der Waals surface area contributed by atoms with Crippen LogP contribution >= 0.6 is 0 Å². The summed E-state index contributed by atoms with van der Waals surface area (Å²) in [6.45, 7) is 9.68. The molecule has 198 valence electrons. The molecule has 1 aromatic carbocycles. The molecule has 1 N–H and O–H groups in total. The Labute approximate surface area is 216 Å². The molecule has 3 aromatic rings. The molecule has 9 nitrogen and oxygen atoms in total. The average molecular weight is 509 g/mol. The number of likely N-dealkylation sites (tertiary alicyclic amines) is 2. The monoisotopic (exact) mass is 508 g/mol. The standard InChI is InChI=1S/C28H36N4O5/c1-28(2,3)37-27(34)32-15-11-21(12-16-32)35-24-8-7-19(17-29-24)18-31-13-9-20(10-14-31)22-5-4-6-23-25(22)36-26(33)30-23/h4-8,17,20-21H,9-16,18H2,1-3H3,(H,30,33). The molecule has 0 bridgehead atoms. The van der Waals surface area contributed by atoms with Crippen LogP contribution in [0.2, 0.25) is 0 Å². The minimum atomic E-state index is -0.484. The van der Waals surface area contributed by atoms with Crippen molar-refractivity contribution in [2.24, 2.45) is 0 Å². The first-order valence-electron chi connectivity index (χ1n) is 13.2. The maximum Gasteiger partial charge on any atom is 0.417 e. The van der Waals surface area contributed by atoms with Crippen molar-refractivity contribution in [1.82, 2.24) is 19.8 Å². The summed E-state index contributed by atoms with van der Waals surface area (Å²) in [5.74, 6) is 0.611. The molecule has 2 aliphatic heterocycles. The van der Waals surface area contributed by atoms with Gasteiger partial charge in [0.25, 0.3) is 0 Å². The number of hydrogen-bond acceptors (Lipinski definition) is 7. The number of aromatic amines is 1. The highest BCUT2D eigenvalue weighted by Crippen LogP contribution is 2.32. The van der Waals surface area contributed by atoms with Crippen LogP contribution in [-0.4, -0.2) is 63.7 Å². The molecular weight excluding hydrogens is 472 g/mol. The van der Waals surface area contributed by atoms with Crippen molar-refractivity contribution in [3.63, 3.8) is 0 Å². The van der Waals surface area contributed by atoms with Gasteiger partial charge < -0.3 is 18.8 Å². The molecule has 0 spiro atoms. The Hall–Kier alpha value is -3.33. The van der Waals surface area contributed by atoms with Gasteiger partial charge in [-0.2, -0.15) is 0 Å². The fourth-order valence-electron chi connectivity index (χ4n) is 5.20. The maximum absolute atomic E-state index is 12.3. The number of fused-ring (bicyclic) bond motifs is 1. The summed E-state index contributed by atoms with van der Waals surface area (Å²) in [7, 11) is 0. The van der Waals surface area contributed by atoms with Crippen LogP contribution < -0.4 is 10.5 Å². The number of carbonyl (C=O) groups excluding carboxylic acids is 1. The van der Waals surface area contributed by atoms with Crippen LogP contribution in [0.4, 0.5) is 4.79 Å². The number of para-hydroxylation sites is 1. The quantitative estimate of drug-likeness (QED) is 0.534. The van der Waals surface area contributed by atoms with Crippen LogP contribution in [0, 0.1) is 0 Å². The fourth-order valence-corrected chi connectivity index (χ4v) is 5.20. The lowest BCUT2D eigenvalue weighted by Gasteiger charge is -2.33. The van der Waals surface area contributed by atoms with Crippen molar-refractivity contribution in [2.45, 2.75) is 70.6 Å². The van der Waals surface area contributed by atoms with Crippen LogP contribution in [0.15, 0.2) is 45.7 Å². The molecule has 2 fully saturated rings. The number of oxazole rings is 1. The summed E-state index contributed by atoms with van der Waals surface area (Å²) in [5.41, 5.74) is 3.26. The minimum Gasteiger partial charge on any atom is -0.474 e. The van der Waals surface area contributed by atoms with Gasteiger partial charge in [0.1, 0.15) is 11.7 Å². The topological polar surface area (TPSA) is 101 Å². The molecule has 5 rings (SSSR count). The number of piperidine rings is 2. The number of benzene rings is 1. The number of hydrogen-bond donors (Lipinski definition) is 1. The number of nitrogens with zero attached hydrogens (tertiary/aromatic N) is 3. The van der Waals surface area contributed by atoms with Gasteiger partial charge >= 0.3 is 11.8 Å². The molecule has 0 radical (unpaired) electrons. The van der Waals surface area contributed by atoms with Gasteiger partial charge in [0.2, 0.25) is 5.88 Å². The molecular formula is C28H36N4O5. The van der Waals surface area contributed by atoms with Crippen LogP contribution in [0.25, 0.3) is 11.1 Å². The number of rotatable bonds is 5. The molecule has 9 heteroatoms. The first-order valence-corrected chi connectivity index (χ1v) is 13.2. The lowest BCUT2D eigenvalue weighted by Crippen LogP contribution is -2.44. The predicted octanol–water partition coefficient (Wildman–Crippen LogP) is 4.67. The second kappa shape index (κ2) is 10.6. The van der Waals surface area contributed by atoms with E-state index in [1.165, 1.54) is 0 Å². The van der Waals surface area contributed by atoms with E-state index < -0.39 is 11.4 Å². The largest absolute Gasteiger partial charge is 0.474 e. The minimum absolute atomic E-state index is 0.0463. The number of aromatic nitrogens is 2. The summed E-state index contributed by atoms with van der Waals surface area (Å²) in [6, 6.07) is 9.96. The van der Waals surface area contributed by atoms with E-state index in [1.807, 2.05) is 45.2 Å². The summed E-state index contributed by atoms with van der Waals surface area (Å²) in [4.78, 5) is 35.4. The Bertz CT molecular complexity index is 1260. The van der Waals surface area contributed by atoms with Crippen LogP contribution in [0.1, 0.15) is 63.5 Å². The number of H-pyrrole nitrogens is 1. The molecule has 2 saturated heterocycles. The summed E-state index contributed by atoms with van der Waals surface area (Å²) < 4.78 is 17.0. The second-order valence-corrected chi connectivity index (χ2v) is 11.1. The Morgan fingerprint density at radius 1 is 1.08 bits per heavy atom. The van der Waals surface area contributed by atoms with Gasteiger partial charge in [0.15, 0.2) is 5.58 Å². The van der Waals surface area contributed by atoms with Crippen LogP contribution in [0.5, 0.6) is 5.88 Å². The van der Waals surface area contributed by atoms with Crippen molar-refractivity contribution in [3.8, 4) is 5.88 Å². The zero-order chi connectivity index (χ0) is 26.0. The van der Waals surface area contributed by atoms with E-state index in [1.54, 1.807) is 4.90 Å². The highest BCUT2D eigenvalue weighted by atomic mass is 16.6. The number of amides is 1. The van der Waals surface area contributed by atoms with Crippen molar-refractivity contribution in [3.05, 3.63) is 58.2 Å². The highest BCUT2D eigenvalue weighted by molar-refractivity contribution is 5.76. The Morgan fingerprint density at radius 3 is 2.51 bits per heavy atom. The average Bonchev–Trinajstić information content (AvgIpc) is 3.25. The van der Waals surface area contributed by atoms with Crippen molar-refractivity contribution >= 4 is 17.2 Å². The third kappa shape index (κ3) is 6.33. The smallest absolute Gasteiger partial charge is 0.417 e. The van der Waals surface area contributed by atoms with E-state index >= 15 is 0 Å². The molecule has 2 aliphatic rings. The lowest BCUT2D eigenvalue weighted by atomic mass is 9.89. The Balaban J connectivity index is 1.08. The van der Waals surface area contributed by atoms with Gasteiger partial charge in [-0.05, 0) is 64.3 Å². The van der Waals surface area contributed by atoms with Crippen molar-refractivity contribution < 1.29 is 18.7 Å². The van der Waals surface area contributed by atoms with Gasteiger partial charge in [-0.3, -0.25) is 9.88 Å².